The fourth-order valence-corrected chi connectivity index (χ4v) is 2.29. The van der Waals surface area contributed by atoms with Crippen molar-refractivity contribution in [3.05, 3.63) is 52.0 Å². The van der Waals surface area contributed by atoms with E-state index in [0.717, 1.165) is 11.1 Å². The molecule has 0 bridgehead atoms. The molecule has 0 aromatic heterocycles. The molecular formula is C17H19ClN2O2. The highest BCUT2D eigenvalue weighted by atomic mass is 35.5. The van der Waals surface area contributed by atoms with Gasteiger partial charge in [0.2, 0.25) is 0 Å². The van der Waals surface area contributed by atoms with E-state index in [9.17, 15) is 10.2 Å². The van der Waals surface area contributed by atoms with Gasteiger partial charge in [-0.2, -0.15) is 5.10 Å². The number of phenolic OH excluding ortho intramolecular Hbond substituents is 2. The minimum absolute atomic E-state index is 0.0897. The van der Waals surface area contributed by atoms with E-state index in [-0.39, 0.29) is 17.4 Å². The van der Waals surface area contributed by atoms with Crippen LogP contribution in [-0.2, 0) is 0 Å². The molecule has 5 heteroatoms. The monoisotopic (exact) mass is 318 g/mol. The molecule has 0 aliphatic heterocycles. The van der Waals surface area contributed by atoms with Gasteiger partial charge in [0.25, 0.3) is 0 Å². The lowest BCUT2D eigenvalue weighted by Crippen LogP contribution is -1.98. The summed E-state index contributed by atoms with van der Waals surface area (Å²) in [6, 6.07) is 8.56. The fourth-order valence-electron chi connectivity index (χ4n) is 2.11. The zero-order chi connectivity index (χ0) is 16.3. The van der Waals surface area contributed by atoms with E-state index in [1.165, 1.54) is 12.3 Å². The Morgan fingerprint density at radius 3 is 2.59 bits per heavy atom. The number of aryl methyl sites for hydroxylation is 1. The molecule has 0 atom stereocenters. The van der Waals surface area contributed by atoms with Gasteiger partial charge in [-0.1, -0.05) is 37.6 Å². The summed E-state index contributed by atoms with van der Waals surface area (Å²) in [5.41, 5.74) is 5.63. The predicted octanol–water partition coefficient (Wildman–Crippen LogP) is 4.63. The number of benzene rings is 2. The van der Waals surface area contributed by atoms with Crippen LogP contribution in [0.25, 0.3) is 0 Å². The maximum atomic E-state index is 10.3. The maximum Gasteiger partial charge on any atom is 0.144 e. The fraction of sp³-hybridized carbons (Fsp3) is 0.235. The van der Waals surface area contributed by atoms with Gasteiger partial charge in [-0.15, -0.1) is 0 Å². The summed E-state index contributed by atoms with van der Waals surface area (Å²) >= 11 is 5.89. The molecular weight excluding hydrogens is 300 g/mol. The first kappa shape index (κ1) is 16.2. The Hall–Kier alpha value is -2.20. The average molecular weight is 319 g/mol. The Kier molecular flexibility index (Phi) is 4.93. The van der Waals surface area contributed by atoms with Crippen LogP contribution in [0, 0.1) is 6.92 Å². The molecule has 0 heterocycles. The Labute approximate surface area is 135 Å². The molecule has 2 rings (SSSR count). The number of phenols is 2. The standard InChI is InChI=1S/C17H19ClN2O2/c1-10(2)14-6-4-11(3)16(17(14)22)20-19-9-12-8-13(18)5-7-15(12)21/h4-10,20-22H,1-3H3/b19-9-. The molecule has 0 spiro atoms. The molecule has 0 fully saturated rings. The summed E-state index contributed by atoms with van der Waals surface area (Å²) in [6.07, 6.45) is 1.46. The number of anilines is 1. The predicted molar refractivity (Wildman–Crippen MR) is 91.3 cm³/mol. The molecule has 22 heavy (non-hydrogen) atoms. The first-order valence-corrected chi connectivity index (χ1v) is 7.38. The van der Waals surface area contributed by atoms with Gasteiger partial charge in [0.1, 0.15) is 17.2 Å². The molecule has 2 aromatic rings. The van der Waals surface area contributed by atoms with Crippen molar-refractivity contribution in [1.82, 2.24) is 0 Å². The van der Waals surface area contributed by atoms with Gasteiger partial charge < -0.3 is 10.2 Å². The van der Waals surface area contributed by atoms with Crippen molar-refractivity contribution in [2.24, 2.45) is 5.10 Å². The van der Waals surface area contributed by atoms with E-state index in [0.29, 0.717) is 16.3 Å². The van der Waals surface area contributed by atoms with E-state index in [1.54, 1.807) is 12.1 Å². The number of hydrogen-bond acceptors (Lipinski definition) is 4. The Bertz CT molecular complexity index is 712. The summed E-state index contributed by atoms with van der Waals surface area (Å²) in [6.45, 7) is 5.92. The number of rotatable bonds is 4. The summed E-state index contributed by atoms with van der Waals surface area (Å²) in [7, 11) is 0. The summed E-state index contributed by atoms with van der Waals surface area (Å²) in [4.78, 5) is 0. The molecule has 0 saturated heterocycles. The van der Waals surface area contributed by atoms with E-state index >= 15 is 0 Å². The van der Waals surface area contributed by atoms with Crippen LogP contribution in [0.4, 0.5) is 5.69 Å². The van der Waals surface area contributed by atoms with Crippen molar-refractivity contribution < 1.29 is 10.2 Å². The highest BCUT2D eigenvalue weighted by Gasteiger charge is 2.12. The van der Waals surface area contributed by atoms with Gasteiger partial charge in [-0.3, -0.25) is 5.43 Å². The van der Waals surface area contributed by atoms with Crippen molar-refractivity contribution >= 4 is 23.5 Å². The van der Waals surface area contributed by atoms with Gasteiger partial charge in [-0.25, -0.2) is 0 Å². The van der Waals surface area contributed by atoms with Crippen molar-refractivity contribution in [2.45, 2.75) is 26.7 Å². The minimum atomic E-state index is 0.0897. The number of aromatic hydroxyl groups is 2. The summed E-state index contributed by atoms with van der Waals surface area (Å²) in [5, 5.41) is 24.7. The maximum absolute atomic E-state index is 10.3. The van der Waals surface area contributed by atoms with Crippen molar-refractivity contribution in [2.75, 3.05) is 5.43 Å². The second-order valence-electron chi connectivity index (χ2n) is 5.42. The Morgan fingerprint density at radius 2 is 1.91 bits per heavy atom. The molecule has 116 valence electrons. The van der Waals surface area contributed by atoms with E-state index < -0.39 is 0 Å². The molecule has 0 amide bonds. The zero-order valence-corrected chi connectivity index (χ0v) is 13.5. The van der Waals surface area contributed by atoms with Crippen LogP contribution in [0.2, 0.25) is 5.02 Å². The van der Waals surface area contributed by atoms with Crippen molar-refractivity contribution in [3.63, 3.8) is 0 Å². The number of halogens is 1. The van der Waals surface area contributed by atoms with Crippen LogP contribution in [0.5, 0.6) is 11.5 Å². The molecule has 0 aliphatic rings. The van der Waals surface area contributed by atoms with Crippen molar-refractivity contribution in [1.29, 1.82) is 0 Å². The first-order chi connectivity index (χ1) is 10.4. The summed E-state index contributed by atoms with van der Waals surface area (Å²) in [5.74, 6) is 0.497. The Balaban J connectivity index is 2.26. The van der Waals surface area contributed by atoms with Gasteiger partial charge in [-0.05, 0) is 42.2 Å². The van der Waals surface area contributed by atoms with Crippen molar-refractivity contribution in [3.8, 4) is 11.5 Å². The molecule has 4 nitrogen and oxygen atoms in total. The van der Waals surface area contributed by atoms with E-state index in [1.807, 2.05) is 32.9 Å². The quantitative estimate of drug-likeness (QED) is 0.437. The topological polar surface area (TPSA) is 64.8 Å². The lowest BCUT2D eigenvalue weighted by molar-refractivity contribution is 0.466. The lowest BCUT2D eigenvalue weighted by Gasteiger charge is -2.14. The zero-order valence-electron chi connectivity index (χ0n) is 12.8. The van der Waals surface area contributed by atoms with Gasteiger partial charge in [0.15, 0.2) is 0 Å². The van der Waals surface area contributed by atoms with Gasteiger partial charge >= 0.3 is 0 Å². The number of nitrogens with zero attached hydrogens (tertiary/aromatic N) is 1. The van der Waals surface area contributed by atoms with E-state index in [2.05, 4.69) is 10.5 Å². The van der Waals surface area contributed by atoms with Crippen LogP contribution in [-0.4, -0.2) is 16.4 Å². The van der Waals surface area contributed by atoms with Crippen LogP contribution in [0.1, 0.15) is 36.5 Å². The molecule has 0 unspecified atom stereocenters. The smallest absolute Gasteiger partial charge is 0.144 e. The average Bonchev–Trinajstić information content (AvgIpc) is 2.45. The third-order valence-electron chi connectivity index (χ3n) is 3.41. The SMILES string of the molecule is Cc1ccc(C(C)C)c(O)c1N/N=C\c1cc(Cl)ccc1O. The number of nitrogens with one attached hydrogen (secondary N) is 1. The third kappa shape index (κ3) is 3.52. The molecule has 2 aromatic carbocycles. The molecule has 3 N–H and O–H groups in total. The number of hydrogen-bond donors (Lipinski definition) is 3. The highest BCUT2D eigenvalue weighted by Crippen LogP contribution is 2.35. The normalized spacial score (nSPS) is 11.3. The highest BCUT2D eigenvalue weighted by molar-refractivity contribution is 6.30. The molecule has 0 radical (unpaired) electrons. The van der Waals surface area contributed by atoms with Crippen LogP contribution >= 0.6 is 11.6 Å². The van der Waals surface area contributed by atoms with E-state index in [4.69, 9.17) is 11.6 Å². The van der Waals surface area contributed by atoms with Gasteiger partial charge in [0, 0.05) is 10.6 Å². The second kappa shape index (κ2) is 6.71. The lowest BCUT2D eigenvalue weighted by atomic mass is 9.99. The minimum Gasteiger partial charge on any atom is -0.507 e. The first-order valence-electron chi connectivity index (χ1n) is 7.00. The summed E-state index contributed by atoms with van der Waals surface area (Å²) < 4.78 is 0. The van der Waals surface area contributed by atoms with Crippen LogP contribution in [0.3, 0.4) is 0 Å². The second-order valence-corrected chi connectivity index (χ2v) is 5.86. The largest absolute Gasteiger partial charge is 0.507 e. The third-order valence-corrected chi connectivity index (χ3v) is 3.64. The van der Waals surface area contributed by atoms with Crippen LogP contribution in [0.15, 0.2) is 35.4 Å². The van der Waals surface area contributed by atoms with Gasteiger partial charge in [0.05, 0.1) is 6.21 Å². The molecule has 0 saturated carbocycles. The molecule has 0 aliphatic carbocycles. The Morgan fingerprint density at radius 1 is 1.18 bits per heavy atom. The number of hydrazone groups is 1. The van der Waals surface area contributed by atoms with Crippen LogP contribution < -0.4 is 5.43 Å².